The highest BCUT2D eigenvalue weighted by Crippen LogP contribution is 2.36. The topological polar surface area (TPSA) is 43.8 Å². The molecule has 2 N–H and O–H groups in total. The first-order valence-electron chi connectivity index (χ1n) is 7.10. The van der Waals surface area contributed by atoms with E-state index in [2.05, 4.69) is 16.5 Å². The first-order valence-corrected chi connectivity index (χ1v) is 7.47. The second-order valence-corrected chi connectivity index (χ2v) is 6.05. The molecule has 4 heteroatoms. The van der Waals surface area contributed by atoms with Crippen LogP contribution in [0.4, 0.5) is 5.95 Å². The van der Waals surface area contributed by atoms with Crippen LogP contribution in [-0.2, 0) is 0 Å². The minimum absolute atomic E-state index is 0.392. The third kappa shape index (κ3) is 2.32. The molecule has 1 aliphatic carbocycles. The van der Waals surface area contributed by atoms with Gasteiger partial charge in [-0.1, -0.05) is 30.9 Å². The van der Waals surface area contributed by atoms with Crippen LogP contribution in [0.5, 0.6) is 0 Å². The molecular weight excluding hydrogens is 258 g/mol. The zero-order valence-corrected chi connectivity index (χ0v) is 12.0. The maximum absolute atomic E-state index is 6.12. The molecule has 1 heterocycles. The monoisotopic (exact) mass is 277 g/mol. The number of hydrogen-bond donors (Lipinski definition) is 1. The number of aromatic nitrogens is 2. The standard InChI is InChI=1S/C15H20ClN3/c1-10(11-5-3-2-4-6-11)19-14-9-12(16)7-8-13(14)18-15(19)17/h7-11H,2-6H2,1H3,(H2,17,18). The van der Waals surface area contributed by atoms with Crippen LogP contribution in [0.15, 0.2) is 18.2 Å². The zero-order chi connectivity index (χ0) is 13.4. The van der Waals surface area contributed by atoms with Gasteiger partial charge in [-0.3, -0.25) is 0 Å². The largest absolute Gasteiger partial charge is 0.369 e. The van der Waals surface area contributed by atoms with Crippen molar-refractivity contribution < 1.29 is 0 Å². The molecule has 19 heavy (non-hydrogen) atoms. The smallest absolute Gasteiger partial charge is 0.201 e. The van der Waals surface area contributed by atoms with Crippen LogP contribution in [-0.4, -0.2) is 9.55 Å². The van der Waals surface area contributed by atoms with Gasteiger partial charge in [0.1, 0.15) is 0 Å². The summed E-state index contributed by atoms with van der Waals surface area (Å²) in [6, 6.07) is 6.17. The average molecular weight is 278 g/mol. The van der Waals surface area contributed by atoms with Crippen LogP contribution in [0.3, 0.4) is 0 Å². The fourth-order valence-electron chi connectivity index (χ4n) is 3.34. The molecule has 2 aromatic rings. The van der Waals surface area contributed by atoms with E-state index in [9.17, 15) is 0 Å². The molecule has 1 atom stereocenters. The maximum Gasteiger partial charge on any atom is 0.201 e. The van der Waals surface area contributed by atoms with Crippen LogP contribution in [0.1, 0.15) is 45.1 Å². The van der Waals surface area contributed by atoms with Gasteiger partial charge in [-0.15, -0.1) is 0 Å². The second-order valence-electron chi connectivity index (χ2n) is 5.61. The molecule has 0 radical (unpaired) electrons. The number of nitrogens with zero attached hydrogens (tertiary/aromatic N) is 2. The van der Waals surface area contributed by atoms with Gasteiger partial charge in [0.15, 0.2) is 0 Å². The molecule has 102 valence electrons. The van der Waals surface area contributed by atoms with E-state index in [0.717, 1.165) is 16.1 Å². The van der Waals surface area contributed by atoms with Crippen molar-refractivity contribution in [2.75, 3.05) is 5.73 Å². The lowest BCUT2D eigenvalue weighted by molar-refractivity contribution is 0.269. The molecule has 3 nitrogen and oxygen atoms in total. The van der Waals surface area contributed by atoms with E-state index in [-0.39, 0.29) is 0 Å². The third-order valence-electron chi connectivity index (χ3n) is 4.42. The van der Waals surface area contributed by atoms with Gasteiger partial charge in [0, 0.05) is 11.1 Å². The molecule has 3 rings (SSSR count). The van der Waals surface area contributed by atoms with Crippen molar-refractivity contribution >= 4 is 28.6 Å². The summed E-state index contributed by atoms with van der Waals surface area (Å²) in [5, 5.41) is 0.740. The van der Waals surface area contributed by atoms with Gasteiger partial charge in [0.05, 0.1) is 11.0 Å². The molecule has 1 unspecified atom stereocenters. The van der Waals surface area contributed by atoms with Crippen molar-refractivity contribution in [1.82, 2.24) is 9.55 Å². The Morgan fingerprint density at radius 2 is 2.05 bits per heavy atom. The maximum atomic E-state index is 6.12. The summed E-state index contributed by atoms with van der Waals surface area (Å²) in [6.07, 6.45) is 6.63. The zero-order valence-electron chi connectivity index (χ0n) is 11.3. The fraction of sp³-hybridized carbons (Fsp3) is 0.533. The van der Waals surface area contributed by atoms with Crippen molar-refractivity contribution in [2.45, 2.75) is 45.1 Å². The number of benzene rings is 1. The quantitative estimate of drug-likeness (QED) is 0.883. The summed E-state index contributed by atoms with van der Waals surface area (Å²) in [5.74, 6) is 1.31. The Morgan fingerprint density at radius 3 is 2.79 bits per heavy atom. The highest BCUT2D eigenvalue weighted by molar-refractivity contribution is 6.31. The SMILES string of the molecule is CC(C1CCCCC1)n1c(N)nc2ccc(Cl)cc21. The molecule has 0 bridgehead atoms. The Morgan fingerprint density at radius 1 is 1.32 bits per heavy atom. The molecular formula is C15H20ClN3. The lowest BCUT2D eigenvalue weighted by atomic mass is 9.84. The Bertz CT molecular complexity index is 584. The van der Waals surface area contributed by atoms with Crippen molar-refractivity contribution in [3.05, 3.63) is 23.2 Å². The Balaban J connectivity index is 2.02. The summed E-state index contributed by atoms with van der Waals surface area (Å²) >= 11 is 6.11. The number of nitrogen functional groups attached to an aromatic ring is 1. The highest BCUT2D eigenvalue weighted by atomic mass is 35.5. The molecule has 1 saturated carbocycles. The number of anilines is 1. The molecule has 1 aromatic heterocycles. The minimum Gasteiger partial charge on any atom is -0.369 e. The first-order chi connectivity index (χ1) is 9.16. The van der Waals surface area contributed by atoms with Gasteiger partial charge in [-0.2, -0.15) is 0 Å². The van der Waals surface area contributed by atoms with E-state index >= 15 is 0 Å². The van der Waals surface area contributed by atoms with Crippen molar-refractivity contribution in [2.24, 2.45) is 5.92 Å². The van der Waals surface area contributed by atoms with Gasteiger partial charge in [0.2, 0.25) is 5.95 Å². The van der Waals surface area contributed by atoms with Gasteiger partial charge < -0.3 is 10.3 Å². The van der Waals surface area contributed by atoms with E-state index in [1.165, 1.54) is 32.1 Å². The minimum atomic E-state index is 0.392. The molecule has 1 fully saturated rings. The second kappa shape index (κ2) is 5.04. The molecule has 1 aliphatic rings. The summed E-state index contributed by atoms with van der Waals surface area (Å²) < 4.78 is 2.16. The van der Waals surface area contributed by atoms with Crippen LogP contribution >= 0.6 is 11.6 Å². The number of halogens is 1. The summed E-state index contributed by atoms with van der Waals surface area (Å²) in [4.78, 5) is 4.45. The van der Waals surface area contributed by atoms with Crippen molar-refractivity contribution in [1.29, 1.82) is 0 Å². The molecule has 0 saturated heterocycles. The van der Waals surface area contributed by atoms with Gasteiger partial charge in [0.25, 0.3) is 0 Å². The highest BCUT2D eigenvalue weighted by Gasteiger charge is 2.24. The third-order valence-corrected chi connectivity index (χ3v) is 4.65. The van der Waals surface area contributed by atoms with Crippen LogP contribution in [0.25, 0.3) is 11.0 Å². The predicted octanol–water partition coefficient (Wildman–Crippen LogP) is 4.41. The number of nitrogens with two attached hydrogens (primary N) is 1. The van der Waals surface area contributed by atoms with Gasteiger partial charge >= 0.3 is 0 Å². The van der Waals surface area contributed by atoms with Crippen molar-refractivity contribution in [3.8, 4) is 0 Å². The number of hydrogen-bond acceptors (Lipinski definition) is 2. The van der Waals surface area contributed by atoms with E-state index in [1.54, 1.807) is 0 Å². The van der Waals surface area contributed by atoms with E-state index in [4.69, 9.17) is 17.3 Å². The summed E-state index contributed by atoms with van der Waals surface area (Å²) in [6.45, 7) is 2.26. The van der Waals surface area contributed by atoms with E-state index in [1.807, 2.05) is 18.2 Å². The van der Waals surface area contributed by atoms with E-state index in [0.29, 0.717) is 17.9 Å². The predicted molar refractivity (Wildman–Crippen MR) is 80.4 cm³/mol. The van der Waals surface area contributed by atoms with Crippen LogP contribution < -0.4 is 5.73 Å². The van der Waals surface area contributed by atoms with Gasteiger partial charge in [-0.05, 0) is 43.9 Å². The summed E-state index contributed by atoms with van der Waals surface area (Å²) in [7, 11) is 0. The number of imidazole rings is 1. The molecule has 0 amide bonds. The fourth-order valence-corrected chi connectivity index (χ4v) is 3.51. The number of fused-ring (bicyclic) bond motifs is 1. The first kappa shape index (κ1) is 12.8. The van der Waals surface area contributed by atoms with Crippen LogP contribution in [0, 0.1) is 5.92 Å². The number of rotatable bonds is 2. The molecule has 0 spiro atoms. The van der Waals surface area contributed by atoms with Crippen molar-refractivity contribution in [3.63, 3.8) is 0 Å². The molecule has 0 aliphatic heterocycles. The normalized spacial score (nSPS) is 18.8. The average Bonchev–Trinajstić information content (AvgIpc) is 2.74. The van der Waals surface area contributed by atoms with Crippen LogP contribution in [0.2, 0.25) is 5.02 Å². The Kier molecular flexibility index (Phi) is 3.40. The Hall–Kier alpha value is -1.22. The van der Waals surface area contributed by atoms with Gasteiger partial charge in [-0.25, -0.2) is 4.98 Å². The molecule has 1 aromatic carbocycles. The van der Waals surface area contributed by atoms with E-state index < -0.39 is 0 Å². The Labute approximate surface area is 118 Å². The summed E-state index contributed by atoms with van der Waals surface area (Å²) in [5.41, 5.74) is 8.11. The lowest BCUT2D eigenvalue weighted by Crippen LogP contribution is -2.20. The lowest BCUT2D eigenvalue weighted by Gasteiger charge is -2.29.